The molecular weight excluding hydrogens is 446 g/mol. The summed E-state index contributed by atoms with van der Waals surface area (Å²) in [6.07, 6.45) is 1.81. The number of nitrogen functional groups attached to an aromatic ring is 1. The van der Waals surface area contributed by atoms with Gasteiger partial charge in [-0.3, -0.25) is 5.10 Å². The van der Waals surface area contributed by atoms with Gasteiger partial charge in [0.2, 0.25) is 10.0 Å². The van der Waals surface area contributed by atoms with Gasteiger partial charge >= 0.3 is 0 Å². The maximum Gasteiger partial charge on any atom is 0.238 e. The number of rotatable bonds is 4. The largest absolute Gasteiger partial charge is 0.382 e. The van der Waals surface area contributed by atoms with Crippen molar-refractivity contribution >= 4 is 48.8 Å². The topological polar surface area (TPSA) is 144 Å². The number of benzene rings is 2. The molecule has 0 saturated heterocycles. The van der Waals surface area contributed by atoms with Crippen LogP contribution in [0.5, 0.6) is 0 Å². The number of nitrogens with two attached hydrogens (primary N) is 2. The molecule has 0 fully saturated rings. The smallest absolute Gasteiger partial charge is 0.238 e. The highest BCUT2D eigenvalue weighted by molar-refractivity contribution is 9.10. The van der Waals surface area contributed by atoms with E-state index >= 15 is 0 Å². The van der Waals surface area contributed by atoms with E-state index in [4.69, 9.17) is 10.9 Å². The number of aromatic amines is 1. The lowest BCUT2D eigenvalue weighted by molar-refractivity contribution is 0.598. The van der Waals surface area contributed by atoms with Crippen molar-refractivity contribution in [1.29, 1.82) is 0 Å². The number of H-pyrrole nitrogens is 1. The van der Waals surface area contributed by atoms with Gasteiger partial charge in [0.25, 0.3) is 0 Å². The average molecular weight is 460 g/mol. The lowest BCUT2D eigenvalue weighted by Gasteiger charge is -1.98. The first-order chi connectivity index (χ1) is 13.3. The first-order valence-electron chi connectivity index (χ1n) is 7.98. The third-order valence-electron chi connectivity index (χ3n) is 3.98. The standard InChI is InChI=1S/C17H14BrN7O2S/c18-11-3-1-10(2-4-11)14-9-25-17(21-14)15(16(19)24-25)23-22-12-5-7-13(8-6-12)28(20,26)27/h1-9,24H,19H2,(H2,20,26,27). The van der Waals surface area contributed by atoms with Crippen molar-refractivity contribution in [2.24, 2.45) is 15.4 Å². The van der Waals surface area contributed by atoms with Crippen molar-refractivity contribution in [3.63, 3.8) is 0 Å². The van der Waals surface area contributed by atoms with E-state index in [1.54, 1.807) is 4.52 Å². The van der Waals surface area contributed by atoms with E-state index in [2.05, 4.69) is 36.2 Å². The molecule has 0 aliphatic heterocycles. The molecule has 0 aliphatic rings. The number of imidazole rings is 1. The van der Waals surface area contributed by atoms with E-state index in [9.17, 15) is 8.42 Å². The zero-order chi connectivity index (χ0) is 19.9. The van der Waals surface area contributed by atoms with E-state index in [0.717, 1.165) is 15.7 Å². The van der Waals surface area contributed by atoms with Crippen LogP contribution in [0.25, 0.3) is 16.9 Å². The number of aromatic nitrogens is 3. The lowest BCUT2D eigenvalue weighted by atomic mass is 10.2. The highest BCUT2D eigenvalue weighted by Crippen LogP contribution is 2.31. The number of hydrogen-bond acceptors (Lipinski definition) is 6. The van der Waals surface area contributed by atoms with Crippen LogP contribution in [0.1, 0.15) is 0 Å². The van der Waals surface area contributed by atoms with Crippen LogP contribution >= 0.6 is 15.9 Å². The van der Waals surface area contributed by atoms with E-state index in [0.29, 0.717) is 22.8 Å². The Balaban J connectivity index is 1.67. The molecule has 9 nitrogen and oxygen atoms in total. The van der Waals surface area contributed by atoms with Crippen LogP contribution in [-0.4, -0.2) is 23.0 Å². The monoisotopic (exact) mass is 459 g/mol. The summed E-state index contributed by atoms with van der Waals surface area (Å²) in [5.41, 5.74) is 9.05. The van der Waals surface area contributed by atoms with Crippen LogP contribution in [0.2, 0.25) is 0 Å². The lowest BCUT2D eigenvalue weighted by Crippen LogP contribution is -2.11. The number of primary sulfonamides is 1. The minimum absolute atomic E-state index is 0.00222. The maximum absolute atomic E-state index is 11.3. The third kappa shape index (κ3) is 3.54. The quantitative estimate of drug-likeness (QED) is 0.399. The van der Waals surface area contributed by atoms with Gasteiger partial charge in [-0.2, -0.15) is 5.11 Å². The summed E-state index contributed by atoms with van der Waals surface area (Å²) in [7, 11) is -3.75. The molecule has 4 aromatic rings. The Hall–Kier alpha value is -3.02. The molecule has 11 heteroatoms. The van der Waals surface area contributed by atoms with Crippen molar-refractivity contribution in [1.82, 2.24) is 14.6 Å². The first kappa shape index (κ1) is 18.3. The van der Waals surface area contributed by atoms with Gasteiger partial charge in [-0.05, 0) is 36.4 Å². The van der Waals surface area contributed by atoms with Gasteiger partial charge < -0.3 is 5.73 Å². The maximum atomic E-state index is 11.3. The van der Waals surface area contributed by atoms with Crippen LogP contribution < -0.4 is 10.9 Å². The minimum atomic E-state index is -3.75. The molecule has 28 heavy (non-hydrogen) atoms. The molecule has 0 aliphatic carbocycles. The van der Waals surface area contributed by atoms with Crippen LogP contribution in [0.3, 0.4) is 0 Å². The molecular formula is C17H14BrN7O2S. The fourth-order valence-electron chi connectivity index (χ4n) is 2.60. The number of anilines is 1. The summed E-state index contributed by atoms with van der Waals surface area (Å²) in [5, 5.41) is 16.3. The second kappa shape index (κ2) is 6.86. The summed E-state index contributed by atoms with van der Waals surface area (Å²) >= 11 is 3.41. The molecule has 0 spiro atoms. The molecule has 0 saturated carbocycles. The highest BCUT2D eigenvalue weighted by atomic mass is 79.9. The Labute approximate surface area is 168 Å². The van der Waals surface area contributed by atoms with Crippen LogP contribution in [0.15, 0.2) is 74.3 Å². The predicted molar refractivity (Wildman–Crippen MR) is 109 cm³/mol. The van der Waals surface area contributed by atoms with Crippen molar-refractivity contribution in [2.45, 2.75) is 4.90 Å². The van der Waals surface area contributed by atoms with Crippen molar-refractivity contribution in [2.75, 3.05) is 5.73 Å². The molecule has 142 valence electrons. The normalized spacial score (nSPS) is 12.2. The summed E-state index contributed by atoms with van der Waals surface area (Å²) in [6, 6.07) is 13.5. The molecule has 2 aromatic heterocycles. The Morgan fingerprint density at radius 1 is 1.04 bits per heavy atom. The number of sulfonamides is 1. The Morgan fingerprint density at radius 2 is 1.71 bits per heavy atom. The molecule has 0 radical (unpaired) electrons. The zero-order valence-corrected chi connectivity index (χ0v) is 16.6. The number of nitrogens with one attached hydrogen (secondary N) is 1. The summed E-state index contributed by atoms with van der Waals surface area (Å²) in [6.45, 7) is 0. The zero-order valence-electron chi connectivity index (χ0n) is 14.2. The van der Waals surface area contributed by atoms with Crippen LogP contribution in [-0.2, 0) is 10.0 Å². The van der Waals surface area contributed by atoms with Crippen molar-refractivity contribution in [3.8, 4) is 11.3 Å². The average Bonchev–Trinajstić information content (AvgIpc) is 3.17. The van der Waals surface area contributed by atoms with Crippen LogP contribution in [0.4, 0.5) is 17.2 Å². The number of azo groups is 1. The predicted octanol–water partition coefficient (Wildman–Crippen LogP) is 3.74. The number of fused-ring (bicyclic) bond motifs is 1. The second-order valence-corrected chi connectivity index (χ2v) is 8.42. The number of hydrogen-bond donors (Lipinski definition) is 3. The molecule has 0 bridgehead atoms. The second-order valence-electron chi connectivity index (χ2n) is 5.94. The summed E-state index contributed by atoms with van der Waals surface area (Å²) in [5.74, 6) is 0.315. The molecule has 0 atom stereocenters. The minimum Gasteiger partial charge on any atom is -0.382 e. The van der Waals surface area contributed by atoms with Gasteiger partial charge in [0.15, 0.2) is 11.3 Å². The SMILES string of the molecule is Nc1[nH]n2cc(-c3ccc(Br)cc3)nc2c1N=Nc1ccc(S(N)(=O)=O)cc1. The molecule has 2 aromatic carbocycles. The van der Waals surface area contributed by atoms with Gasteiger partial charge in [-0.1, -0.05) is 28.1 Å². The van der Waals surface area contributed by atoms with Gasteiger partial charge in [0, 0.05) is 10.0 Å². The molecule has 5 N–H and O–H groups in total. The first-order valence-corrected chi connectivity index (χ1v) is 10.3. The Kier molecular flexibility index (Phi) is 4.49. The van der Waals surface area contributed by atoms with E-state index in [-0.39, 0.29) is 4.90 Å². The van der Waals surface area contributed by atoms with Gasteiger partial charge in [-0.15, -0.1) is 5.11 Å². The summed E-state index contributed by atoms with van der Waals surface area (Å²) < 4.78 is 25.3. The van der Waals surface area contributed by atoms with Gasteiger partial charge in [-0.25, -0.2) is 23.1 Å². The highest BCUT2D eigenvalue weighted by Gasteiger charge is 2.14. The third-order valence-corrected chi connectivity index (χ3v) is 5.44. The fraction of sp³-hybridized carbons (Fsp3) is 0. The Bertz CT molecular complexity index is 1290. The fourth-order valence-corrected chi connectivity index (χ4v) is 3.38. The molecule has 0 unspecified atom stereocenters. The molecule has 0 amide bonds. The van der Waals surface area contributed by atoms with E-state index in [1.165, 1.54) is 24.3 Å². The number of halogens is 1. The van der Waals surface area contributed by atoms with Crippen molar-refractivity contribution < 1.29 is 8.42 Å². The van der Waals surface area contributed by atoms with Gasteiger partial charge in [0.1, 0.15) is 5.82 Å². The van der Waals surface area contributed by atoms with E-state index in [1.807, 2.05) is 30.5 Å². The molecule has 4 rings (SSSR count). The Morgan fingerprint density at radius 3 is 2.36 bits per heavy atom. The number of nitrogens with zero attached hydrogens (tertiary/aromatic N) is 4. The van der Waals surface area contributed by atoms with Crippen LogP contribution in [0, 0.1) is 0 Å². The van der Waals surface area contributed by atoms with Crippen molar-refractivity contribution in [3.05, 3.63) is 59.2 Å². The summed E-state index contributed by atoms with van der Waals surface area (Å²) in [4.78, 5) is 4.58. The van der Waals surface area contributed by atoms with E-state index < -0.39 is 10.0 Å². The van der Waals surface area contributed by atoms with Gasteiger partial charge in [0.05, 0.1) is 22.5 Å². The molecule has 2 heterocycles.